The van der Waals surface area contributed by atoms with Gasteiger partial charge >= 0.3 is 0 Å². The summed E-state index contributed by atoms with van der Waals surface area (Å²) in [5, 5.41) is 3.46. The first-order chi connectivity index (χ1) is 9.97. The Kier molecular flexibility index (Phi) is 5.39. The predicted octanol–water partition coefficient (Wildman–Crippen LogP) is 2.63. The van der Waals surface area contributed by atoms with Gasteiger partial charge in [-0.25, -0.2) is 9.97 Å². The molecule has 2 heterocycles. The van der Waals surface area contributed by atoms with Crippen molar-refractivity contribution in [2.24, 2.45) is 5.92 Å². The SMILES string of the molecule is Cc1c(N)nc(C(C)C)nc1NCCC1CCN(C)CC1. The van der Waals surface area contributed by atoms with Crippen LogP contribution >= 0.6 is 0 Å². The highest BCUT2D eigenvalue weighted by Crippen LogP contribution is 2.23. The first-order valence-electron chi connectivity index (χ1n) is 8.03. The lowest BCUT2D eigenvalue weighted by Crippen LogP contribution is -2.31. The van der Waals surface area contributed by atoms with Crippen LogP contribution in [0.25, 0.3) is 0 Å². The topological polar surface area (TPSA) is 67.1 Å². The van der Waals surface area contributed by atoms with Crippen molar-refractivity contribution in [1.29, 1.82) is 0 Å². The molecule has 5 heteroatoms. The maximum absolute atomic E-state index is 5.99. The van der Waals surface area contributed by atoms with E-state index in [1.807, 2.05) is 6.92 Å². The molecular weight excluding hydrogens is 262 g/mol. The van der Waals surface area contributed by atoms with E-state index in [2.05, 4.69) is 41.1 Å². The average molecular weight is 291 g/mol. The fraction of sp³-hybridized carbons (Fsp3) is 0.750. The van der Waals surface area contributed by atoms with Crippen molar-refractivity contribution < 1.29 is 0 Å². The molecular formula is C16H29N5. The van der Waals surface area contributed by atoms with Gasteiger partial charge in [-0.2, -0.15) is 0 Å². The highest BCUT2D eigenvalue weighted by Gasteiger charge is 2.16. The molecule has 0 unspecified atom stereocenters. The molecule has 1 aliphatic heterocycles. The minimum atomic E-state index is 0.294. The van der Waals surface area contributed by atoms with Gasteiger partial charge in [-0.1, -0.05) is 13.8 Å². The van der Waals surface area contributed by atoms with Gasteiger partial charge in [-0.15, -0.1) is 0 Å². The van der Waals surface area contributed by atoms with E-state index in [0.717, 1.165) is 29.7 Å². The van der Waals surface area contributed by atoms with Gasteiger partial charge in [0.15, 0.2) is 0 Å². The van der Waals surface area contributed by atoms with E-state index >= 15 is 0 Å². The zero-order valence-corrected chi connectivity index (χ0v) is 13.8. The minimum absolute atomic E-state index is 0.294. The first kappa shape index (κ1) is 16.0. The fourth-order valence-electron chi connectivity index (χ4n) is 2.73. The molecule has 0 bridgehead atoms. The van der Waals surface area contributed by atoms with Crippen LogP contribution < -0.4 is 11.1 Å². The molecule has 0 spiro atoms. The Balaban J connectivity index is 1.90. The lowest BCUT2D eigenvalue weighted by molar-refractivity contribution is 0.215. The summed E-state index contributed by atoms with van der Waals surface area (Å²) >= 11 is 0. The number of piperidine rings is 1. The third-order valence-corrected chi connectivity index (χ3v) is 4.40. The number of nitrogen functional groups attached to an aromatic ring is 1. The summed E-state index contributed by atoms with van der Waals surface area (Å²) < 4.78 is 0. The average Bonchev–Trinajstić information content (AvgIpc) is 2.45. The van der Waals surface area contributed by atoms with Crippen LogP contribution in [-0.2, 0) is 0 Å². The van der Waals surface area contributed by atoms with Crippen LogP contribution in [0.15, 0.2) is 0 Å². The van der Waals surface area contributed by atoms with Crippen LogP contribution in [0.1, 0.15) is 50.4 Å². The Morgan fingerprint density at radius 2 is 1.95 bits per heavy atom. The molecule has 2 rings (SSSR count). The Hall–Kier alpha value is -1.36. The van der Waals surface area contributed by atoms with Gasteiger partial charge in [0.1, 0.15) is 17.5 Å². The van der Waals surface area contributed by atoms with E-state index in [1.165, 1.54) is 32.4 Å². The summed E-state index contributed by atoms with van der Waals surface area (Å²) in [4.78, 5) is 11.4. The third-order valence-electron chi connectivity index (χ3n) is 4.40. The van der Waals surface area contributed by atoms with E-state index in [9.17, 15) is 0 Å². The van der Waals surface area contributed by atoms with Gasteiger partial charge in [0.25, 0.3) is 0 Å². The number of rotatable bonds is 5. The fourth-order valence-corrected chi connectivity index (χ4v) is 2.73. The highest BCUT2D eigenvalue weighted by molar-refractivity contribution is 5.54. The van der Waals surface area contributed by atoms with Crippen LogP contribution in [0, 0.1) is 12.8 Å². The van der Waals surface area contributed by atoms with E-state index in [-0.39, 0.29) is 0 Å². The standard InChI is InChI=1S/C16H29N5/c1-11(2)15-19-14(17)12(3)16(20-15)18-8-5-13-6-9-21(4)10-7-13/h11,13H,5-10H2,1-4H3,(H3,17,18,19,20). The molecule has 1 saturated heterocycles. The van der Waals surface area contributed by atoms with Crippen molar-refractivity contribution in [3.63, 3.8) is 0 Å². The maximum atomic E-state index is 5.99. The Bertz CT molecular complexity index is 464. The van der Waals surface area contributed by atoms with Gasteiger partial charge < -0.3 is 16.0 Å². The molecule has 0 saturated carbocycles. The minimum Gasteiger partial charge on any atom is -0.383 e. The van der Waals surface area contributed by atoms with Gasteiger partial charge in [0.05, 0.1) is 0 Å². The van der Waals surface area contributed by atoms with Crippen molar-refractivity contribution in [2.45, 2.75) is 46.0 Å². The molecule has 1 aliphatic rings. The van der Waals surface area contributed by atoms with Crippen molar-refractivity contribution in [2.75, 3.05) is 37.7 Å². The molecule has 1 aromatic heterocycles. The normalized spacial score (nSPS) is 17.4. The quantitative estimate of drug-likeness (QED) is 0.873. The number of nitrogens with two attached hydrogens (primary N) is 1. The molecule has 21 heavy (non-hydrogen) atoms. The lowest BCUT2D eigenvalue weighted by Gasteiger charge is -2.29. The van der Waals surface area contributed by atoms with Crippen LogP contribution in [0.4, 0.5) is 11.6 Å². The maximum Gasteiger partial charge on any atom is 0.135 e. The summed E-state index contributed by atoms with van der Waals surface area (Å²) in [5.74, 6) is 3.44. The summed E-state index contributed by atoms with van der Waals surface area (Å²) in [5.41, 5.74) is 6.95. The van der Waals surface area contributed by atoms with Crippen molar-refractivity contribution in [1.82, 2.24) is 14.9 Å². The Morgan fingerprint density at radius 3 is 2.57 bits per heavy atom. The molecule has 0 aliphatic carbocycles. The number of hydrogen-bond acceptors (Lipinski definition) is 5. The van der Waals surface area contributed by atoms with Gasteiger partial charge in [0.2, 0.25) is 0 Å². The summed E-state index contributed by atoms with van der Waals surface area (Å²) in [6, 6.07) is 0. The molecule has 0 atom stereocenters. The van der Waals surface area contributed by atoms with E-state index < -0.39 is 0 Å². The lowest BCUT2D eigenvalue weighted by atomic mass is 9.94. The van der Waals surface area contributed by atoms with Crippen LogP contribution in [-0.4, -0.2) is 41.5 Å². The smallest absolute Gasteiger partial charge is 0.135 e. The Labute approximate surface area is 128 Å². The Morgan fingerprint density at radius 1 is 1.29 bits per heavy atom. The third kappa shape index (κ3) is 4.30. The van der Waals surface area contributed by atoms with E-state index in [4.69, 9.17) is 5.73 Å². The molecule has 0 radical (unpaired) electrons. The predicted molar refractivity (Wildman–Crippen MR) is 88.6 cm³/mol. The van der Waals surface area contributed by atoms with E-state index in [0.29, 0.717) is 11.7 Å². The number of likely N-dealkylation sites (tertiary alicyclic amines) is 1. The molecule has 0 amide bonds. The van der Waals surface area contributed by atoms with Crippen LogP contribution in [0.2, 0.25) is 0 Å². The second kappa shape index (κ2) is 7.07. The summed E-state index contributed by atoms with van der Waals surface area (Å²) in [6.07, 6.45) is 3.81. The van der Waals surface area contributed by atoms with Gasteiger partial charge in [-0.05, 0) is 52.2 Å². The molecule has 5 nitrogen and oxygen atoms in total. The second-order valence-electron chi connectivity index (χ2n) is 6.56. The zero-order chi connectivity index (χ0) is 15.4. The largest absolute Gasteiger partial charge is 0.383 e. The number of nitrogens with zero attached hydrogens (tertiary/aromatic N) is 3. The molecule has 3 N–H and O–H groups in total. The van der Waals surface area contributed by atoms with Crippen LogP contribution in [0.5, 0.6) is 0 Å². The number of anilines is 2. The second-order valence-corrected chi connectivity index (χ2v) is 6.56. The summed E-state index contributed by atoms with van der Waals surface area (Å²) in [6.45, 7) is 9.57. The van der Waals surface area contributed by atoms with Gasteiger partial charge in [-0.3, -0.25) is 0 Å². The monoisotopic (exact) mass is 291 g/mol. The zero-order valence-electron chi connectivity index (χ0n) is 13.8. The summed E-state index contributed by atoms with van der Waals surface area (Å²) in [7, 11) is 2.20. The molecule has 1 aromatic rings. The first-order valence-corrected chi connectivity index (χ1v) is 8.03. The number of hydrogen-bond donors (Lipinski definition) is 2. The molecule has 0 aromatic carbocycles. The van der Waals surface area contributed by atoms with Crippen LogP contribution in [0.3, 0.4) is 0 Å². The highest BCUT2D eigenvalue weighted by atomic mass is 15.1. The number of aromatic nitrogens is 2. The van der Waals surface area contributed by atoms with E-state index in [1.54, 1.807) is 0 Å². The number of nitrogens with one attached hydrogen (secondary N) is 1. The van der Waals surface area contributed by atoms with Crippen molar-refractivity contribution >= 4 is 11.6 Å². The molecule has 118 valence electrons. The van der Waals surface area contributed by atoms with Gasteiger partial charge in [0, 0.05) is 18.0 Å². The van der Waals surface area contributed by atoms with Crippen molar-refractivity contribution in [3.8, 4) is 0 Å². The molecule has 1 fully saturated rings. The van der Waals surface area contributed by atoms with Crippen molar-refractivity contribution in [3.05, 3.63) is 11.4 Å².